The topological polar surface area (TPSA) is 89.3 Å². The average Bonchev–Trinajstić information content (AvgIpc) is 2.50. The number of amides is 1. The van der Waals surface area contributed by atoms with Crippen molar-refractivity contribution in [1.29, 1.82) is 0 Å². The Labute approximate surface area is 137 Å². The van der Waals surface area contributed by atoms with E-state index in [1.165, 1.54) is 0 Å². The maximum atomic E-state index is 12.7. The largest absolute Gasteiger partial charge is 0.349 e. The van der Waals surface area contributed by atoms with Crippen molar-refractivity contribution in [3.63, 3.8) is 0 Å². The van der Waals surface area contributed by atoms with Gasteiger partial charge in [-0.3, -0.25) is 4.79 Å². The van der Waals surface area contributed by atoms with Gasteiger partial charge in [0.2, 0.25) is 5.91 Å². The van der Waals surface area contributed by atoms with E-state index in [0.29, 0.717) is 16.9 Å². The summed E-state index contributed by atoms with van der Waals surface area (Å²) < 4.78 is 24.4. The molecule has 1 aliphatic heterocycles. The molecule has 1 saturated carbocycles. The zero-order valence-corrected chi connectivity index (χ0v) is 14.2. The number of benzene rings is 1. The molecule has 3 rings (SSSR count). The van der Waals surface area contributed by atoms with Gasteiger partial charge < -0.3 is 11.1 Å². The highest BCUT2D eigenvalue weighted by molar-refractivity contribution is 7.91. The highest BCUT2D eigenvalue weighted by atomic mass is 32.2. The minimum absolute atomic E-state index is 0.0474. The maximum absolute atomic E-state index is 12.7. The van der Waals surface area contributed by atoms with Crippen molar-refractivity contribution >= 4 is 15.7 Å². The third kappa shape index (κ3) is 3.15. The van der Waals surface area contributed by atoms with Crippen LogP contribution in [0.2, 0.25) is 0 Å². The van der Waals surface area contributed by atoms with Gasteiger partial charge in [0.15, 0.2) is 9.84 Å². The summed E-state index contributed by atoms with van der Waals surface area (Å²) in [4.78, 5) is 13.1. The Balaban J connectivity index is 1.82. The molecule has 1 fully saturated rings. The Bertz CT molecular complexity index is 712. The second-order valence-electron chi connectivity index (χ2n) is 7.01. The van der Waals surface area contributed by atoms with Crippen molar-refractivity contribution in [3.8, 4) is 0 Å². The van der Waals surface area contributed by atoms with Gasteiger partial charge in [-0.1, -0.05) is 31.0 Å². The van der Waals surface area contributed by atoms with Crippen molar-refractivity contribution in [1.82, 2.24) is 5.32 Å². The molecular weight excluding hydrogens is 312 g/mol. The molecule has 3 atom stereocenters. The summed E-state index contributed by atoms with van der Waals surface area (Å²) in [6.45, 7) is 1.94. The van der Waals surface area contributed by atoms with Gasteiger partial charge >= 0.3 is 0 Å². The molecule has 0 spiro atoms. The van der Waals surface area contributed by atoms with Gasteiger partial charge in [-0.05, 0) is 37.8 Å². The van der Waals surface area contributed by atoms with Crippen molar-refractivity contribution in [2.24, 2.45) is 11.7 Å². The van der Waals surface area contributed by atoms with Crippen LogP contribution >= 0.6 is 0 Å². The molecule has 0 aromatic heterocycles. The van der Waals surface area contributed by atoms with Crippen LogP contribution < -0.4 is 11.1 Å². The number of nitrogens with one attached hydrogen (secondary N) is 1. The van der Waals surface area contributed by atoms with Crippen LogP contribution in [0.5, 0.6) is 0 Å². The second kappa shape index (κ2) is 5.91. The Morgan fingerprint density at radius 1 is 1.26 bits per heavy atom. The predicted molar refractivity (Wildman–Crippen MR) is 88.5 cm³/mol. The van der Waals surface area contributed by atoms with Crippen LogP contribution in [0.1, 0.15) is 50.6 Å². The fraction of sp³-hybridized carbons (Fsp3) is 0.588. The molecule has 1 aromatic rings. The molecule has 3 N–H and O–H groups in total. The maximum Gasteiger partial charge on any atom is 0.225 e. The number of carbonyl (C=O) groups is 1. The molecule has 1 heterocycles. The fourth-order valence-corrected chi connectivity index (χ4v) is 5.42. The van der Waals surface area contributed by atoms with E-state index in [2.05, 4.69) is 5.32 Å². The number of sulfone groups is 1. The molecule has 23 heavy (non-hydrogen) atoms. The summed E-state index contributed by atoms with van der Waals surface area (Å²) in [6, 6.07) is 6.70. The lowest BCUT2D eigenvalue weighted by molar-refractivity contribution is -0.129. The van der Waals surface area contributed by atoms with E-state index in [4.69, 9.17) is 5.73 Å². The quantitative estimate of drug-likeness (QED) is 0.863. The lowest BCUT2D eigenvalue weighted by Crippen LogP contribution is -2.53. The molecule has 3 unspecified atom stereocenters. The van der Waals surface area contributed by atoms with Crippen molar-refractivity contribution < 1.29 is 13.2 Å². The van der Waals surface area contributed by atoms with Crippen molar-refractivity contribution in [2.75, 3.05) is 5.75 Å². The van der Waals surface area contributed by atoms with Crippen LogP contribution in [0.25, 0.3) is 0 Å². The summed E-state index contributed by atoms with van der Waals surface area (Å²) >= 11 is 0. The second-order valence-corrected chi connectivity index (χ2v) is 9.09. The van der Waals surface area contributed by atoms with Gasteiger partial charge in [0.25, 0.3) is 0 Å². The van der Waals surface area contributed by atoms with Crippen LogP contribution in [0.4, 0.5) is 0 Å². The smallest absolute Gasteiger partial charge is 0.225 e. The van der Waals surface area contributed by atoms with E-state index in [0.717, 1.165) is 25.7 Å². The van der Waals surface area contributed by atoms with E-state index in [1.807, 2.05) is 13.0 Å². The zero-order chi connectivity index (χ0) is 16.7. The van der Waals surface area contributed by atoms with Gasteiger partial charge in [-0.25, -0.2) is 8.42 Å². The standard InChI is InChI=1S/C17H24N2O3S/c1-17(18)10-5-4-7-13(17)16(20)19-14-9-11-23(21,22)15-8-3-2-6-12(14)15/h2-3,6,8,13-14H,4-5,7,9-11,18H2,1H3,(H,19,20). The molecule has 0 bridgehead atoms. The molecule has 0 radical (unpaired) electrons. The molecule has 6 heteroatoms. The number of nitrogens with two attached hydrogens (primary N) is 1. The summed E-state index contributed by atoms with van der Waals surface area (Å²) in [5.74, 6) is -0.185. The molecule has 1 amide bonds. The molecule has 126 valence electrons. The number of hydrogen-bond donors (Lipinski definition) is 2. The zero-order valence-electron chi connectivity index (χ0n) is 13.4. The first-order chi connectivity index (χ1) is 10.8. The van der Waals surface area contributed by atoms with Crippen LogP contribution in [0.3, 0.4) is 0 Å². The molecule has 1 aromatic carbocycles. The van der Waals surface area contributed by atoms with Gasteiger partial charge in [0.05, 0.1) is 22.6 Å². The highest BCUT2D eigenvalue weighted by Crippen LogP contribution is 2.35. The Kier molecular flexibility index (Phi) is 4.23. The van der Waals surface area contributed by atoms with Crippen LogP contribution in [0, 0.1) is 5.92 Å². The van der Waals surface area contributed by atoms with E-state index in [1.54, 1.807) is 18.2 Å². The van der Waals surface area contributed by atoms with E-state index in [-0.39, 0.29) is 23.6 Å². The van der Waals surface area contributed by atoms with Crippen molar-refractivity contribution in [3.05, 3.63) is 29.8 Å². The number of fused-ring (bicyclic) bond motifs is 1. The highest BCUT2D eigenvalue weighted by Gasteiger charge is 2.39. The minimum atomic E-state index is -3.23. The van der Waals surface area contributed by atoms with Crippen molar-refractivity contribution in [2.45, 2.75) is 55.5 Å². The molecular formula is C17H24N2O3S. The summed E-state index contributed by atoms with van der Waals surface area (Å²) in [7, 11) is -3.23. The van der Waals surface area contributed by atoms with Gasteiger partial charge in [-0.15, -0.1) is 0 Å². The Hall–Kier alpha value is -1.40. The Morgan fingerprint density at radius 3 is 2.74 bits per heavy atom. The molecule has 0 saturated heterocycles. The number of carbonyl (C=O) groups excluding carboxylic acids is 1. The number of rotatable bonds is 2. The first-order valence-electron chi connectivity index (χ1n) is 8.22. The van der Waals surface area contributed by atoms with Gasteiger partial charge in [0.1, 0.15) is 0 Å². The van der Waals surface area contributed by atoms with Gasteiger partial charge in [-0.2, -0.15) is 0 Å². The normalized spacial score (nSPS) is 32.8. The lowest BCUT2D eigenvalue weighted by Gasteiger charge is -2.38. The van der Waals surface area contributed by atoms with Gasteiger partial charge in [0, 0.05) is 5.54 Å². The third-order valence-corrected chi connectivity index (χ3v) is 7.01. The average molecular weight is 336 g/mol. The first kappa shape index (κ1) is 16.5. The number of hydrogen-bond acceptors (Lipinski definition) is 4. The molecule has 5 nitrogen and oxygen atoms in total. The summed E-state index contributed by atoms with van der Waals surface area (Å²) in [5.41, 5.74) is 6.52. The van der Waals surface area contributed by atoms with Crippen LogP contribution in [-0.2, 0) is 14.6 Å². The third-order valence-electron chi connectivity index (χ3n) is 5.19. The van der Waals surface area contributed by atoms with Crippen LogP contribution in [-0.4, -0.2) is 25.6 Å². The minimum Gasteiger partial charge on any atom is -0.349 e. The fourth-order valence-electron chi connectivity index (χ4n) is 3.80. The Morgan fingerprint density at radius 2 is 2.00 bits per heavy atom. The van der Waals surface area contributed by atoms with E-state index < -0.39 is 15.4 Å². The first-order valence-corrected chi connectivity index (χ1v) is 9.87. The summed E-state index contributed by atoms with van der Waals surface area (Å²) in [6.07, 6.45) is 4.13. The molecule has 2 aliphatic rings. The molecule has 1 aliphatic carbocycles. The predicted octanol–water partition coefficient (Wildman–Crippen LogP) is 1.93. The SMILES string of the molecule is CC1(N)CCCCC1C(=O)NC1CCS(=O)(=O)c2ccccc21. The van der Waals surface area contributed by atoms with E-state index >= 15 is 0 Å². The lowest BCUT2D eigenvalue weighted by atomic mass is 9.74. The van der Waals surface area contributed by atoms with Crippen LogP contribution in [0.15, 0.2) is 29.2 Å². The monoisotopic (exact) mass is 336 g/mol. The summed E-state index contributed by atoms with van der Waals surface area (Å²) in [5, 5.41) is 3.05. The van der Waals surface area contributed by atoms with E-state index in [9.17, 15) is 13.2 Å².